The molecule has 1 fully saturated rings. The molecular weight excluding hydrogens is 244 g/mol. The van der Waals surface area contributed by atoms with E-state index in [1.165, 1.54) is 0 Å². The average Bonchev–Trinajstić information content (AvgIpc) is 2.40. The van der Waals surface area contributed by atoms with Gasteiger partial charge in [0.1, 0.15) is 5.75 Å². The first-order valence-electron chi connectivity index (χ1n) is 6.50. The molecule has 1 aliphatic heterocycles. The summed E-state index contributed by atoms with van der Waals surface area (Å²) in [6.07, 6.45) is 0.101. The number of hydrogen-bond donors (Lipinski definition) is 2. The van der Waals surface area contributed by atoms with Gasteiger partial charge in [-0.1, -0.05) is 18.2 Å². The van der Waals surface area contributed by atoms with Gasteiger partial charge in [0.15, 0.2) is 0 Å². The maximum absolute atomic E-state index is 12.2. The normalized spacial score (nSPS) is 23.4. The number of phenols is 1. The summed E-state index contributed by atoms with van der Waals surface area (Å²) in [7, 11) is 0. The Morgan fingerprint density at radius 2 is 2.21 bits per heavy atom. The molecule has 0 bridgehead atoms. The Bertz CT molecular complexity index is 450. The zero-order valence-corrected chi connectivity index (χ0v) is 11.1. The maximum Gasteiger partial charge on any atom is 0.227 e. The van der Waals surface area contributed by atoms with Crippen LogP contribution in [0.4, 0.5) is 0 Å². The fourth-order valence-corrected chi connectivity index (χ4v) is 2.31. The quantitative estimate of drug-likeness (QED) is 0.834. The van der Waals surface area contributed by atoms with Crippen molar-refractivity contribution in [2.45, 2.75) is 25.6 Å². The smallest absolute Gasteiger partial charge is 0.227 e. The van der Waals surface area contributed by atoms with Crippen molar-refractivity contribution in [1.29, 1.82) is 0 Å². The Hall–Kier alpha value is -1.59. The highest BCUT2D eigenvalue weighted by Gasteiger charge is 2.27. The highest BCUT2D eigenvalue weighted by molar-refractivity contribution is 5.79. The highest BCUT2D eigenvalue weighted by atomic mass is 16.5. The van der Waals surface area contributed by atoms with Crippen LogP contribution in [0.25, 0.3) is 0 Å². The van der Waals surface area contributed by atoms with Crippen molar-refractivity contribution in [1.82, 2.24) is 4.90 Å². The Morgan fingerprint density at radius 1 is 1.47 bits per heavy atom. The molecule has 1 aromatic carbocycles. The molecule has 3 N–H and O–H groups in total. The molecular formula is C14H20N2O3. The first-order chi connectivity index (χ1) is 9.10. The van der Waals surface area contributed by atoms with Crippen LogP contribution >= 0.6 is 0 Å². The van der Waals surface area contributed by atoms with Gasteiger partial charge in [0, 0.05) is 25.2 Å². The number of benzene rings is 1. The van der Waals surface area contributed by atoms with Gasteiger partial charge in [-0.15, -0.1) is 0 Å². The number of aromatic hydroxyl groups is 1. The van der Waals surface area contributed by atoms with Crippen molar-refractivity contribution < 1.29 is 14.6 Å². The first-order valence-corrected chi connectivity index (χ1v) is 6.50. The zero-order valence-electron chi connectivity index (χ0n) is 11.1. The Morgan fingerprint density at radius 3 is 2.89 bits per heavy atom. The summed E-state index contributed by atoms with van der Waals surface area (Å²) in [6, 6.07) is 6.91. The number of hydrogen-bond acceptors (Lipinski definition) is 4. The van der Waals surface area contributed by atoms with Gasteiger partial charge in [-0.05, 0) is 13.0 Å². The van der Waals surface area contributed by atoms with E-state index >= 15 is 0 Å². The van der Waals surface area contributed by atoms with E-state index in [0.717, 1.165) is 0 Å². The molecule has 1 saturated heterocycles. The summed E-state index contributed by atoms with van der Waals surface area (Å²) in [6.45, 7) is 3.43. The van der Waals surface area contributed by atoms with Gasteiger partial charge in [0.05, 0.1) is 18.6 Å². The number of nitrogens with two attached hydrogens (primary N) is 1. The van der Waals surface area contributed by atoms with Crippen LogP contribution in [0.2, 0.25) is 0 Å². The predicted molar refractivity (Wildman–Crippen MR) is 71.8 cm³/mol. The monoisotopic (exact) mass is 264 g/mol. The molecule has 2 atom stereocenters. The summed E-state index contributed by atoms with van der Waals surface area (Å²) in [5.74, 6) is 0.155. The third-order valence-corrected chi connectivity index (χ3v) is 3.28. The summed E-state index contributed by atoms with van der Waals surface area (Å²) >= 11 is 0. The minimum Gasteiger partial charge on any atom is -0.508 e. The third kappa shape index (κ3) is 3.45. The van der Waals surface area contributed by atoms with Gasteiger partial charge in [-0.2, -0.15) is 0 Å². The molecule has 1 aromatic rings. The SMILES string of the molecule is CC1CN(C(=O)Cc2ccccc2O)CC(CN)O1. The highest BCUT2D eigenvalue weighted by Crippen LogP contribution is 2.18. The summed E-state index contributed by atoms with van der Waals surface area (Å²) in [5.41, 5.74) is 6.25. The molecule has 5 heteroatoms. The van der Waals surface area contributed by atoms with Gasteiger partial charge in [0.2, 0.25) is 5.91 Å². The second-order valence-electron chi connectivity index (χ2n) is 4.91. The number of para-hydroxylation sites is 1. The van der Waals surface area contributed by atoms with Crippen molar-refractivity contribution >= 4 is 5.91 Å². The molecule has 104 valence electrons. The lowest BCUT2D eigenvalue weighted by Crippen LogP contribution is -2.51. The average molecular weight is 264 g/mol. The summed E-state index contributed by atoms with van der Waals surface area (Å²) in [4.78, 5) is 14.0. The molecule has 1 heterocycles. The van der Waals surface area contributed by atoms with Crippen molar-refractivity contribution in [2.24, 2.45) is 5.73 Å². The van der Waals surface area contributed by atoms with Gasteiger partial charge in [0.25, 0.3) is 0 Å². The lowest BCUT2D eigenvalue weighted by Gasteiger charge is -2.36. The topological polar surface area (TPSA) is 75.8 Å². The first kappa shape index (κ1) is 13.8. The van der Waals surface area contributed by atoms with Crippen molar-refractivity contribution in [3.63, 3.8) is 0 Å². The molecule has 0 aromatic heterocycles. The molecule has 0 saturated carbocycles. The Kier molecular flexibility index (Phi) is 4.39. The molecule has 2 unspecified atom stereocenters. The fraction of sp³-hybridized carbons (Fsp3) is 0.500. The van der Waals surface area contributed by atoms with Gasteiger partial charge in [-0.25, -0.2) is 0 Å². The van der Waals surface area contributed by atoms with Gasteiger partial charge in [-0.3, -0.25) is 4.79 Å². The van der Waals surface area contributed by atoms with Crippen LogP contribution in [-0.4, -0.2) is 47.8 Å². The number of amides is 1. The van der Waals surface area contributed by atoms with E-state index in [1.807, 2.05) is 13.0 Å². The van der Waals surface area contributed by atoms with E-state index < -0.39 is 0 Å². The van der Waals surface area contributed by atoms with Crippen LogP contribution in [0, 0.1) is 0 Å². The van der Waals surface area contributed by atoms with E-state index in [9.17, 15) is 9.90 Å². The number of morpholine rings is 1. The van der Waals surface area contributed by atoms with Crippen LogP contribution < -0.4 is 5.73 Å². The molecule has 0 spiro atoms. The number of phenolic OH excluding ortho intramolecular Hbond substituents is 1. The van der Waals surface area contributed by atoms with E-state index in [1.54, 1.807) is 23.1 Å². The fourth-order valence-electron chi connectivity index (χ4n) is 2.31. The standard InChI is InChI=1S/C14H20N2O3/c1-10-8-16(9-12(7-15)19-10)14(18)6-11-4-2-3-5-13(11)17/h2-5,10,12,17H,6-9,15H2,1H3. The third-order valence-electron chi connectivity index (χ3n) is 3.28. The second-order valence-corrected chi connectivity index (χ2v) is 4.91. The van der Waals surface area contributed by atoms with Crippen LogP contribution in [-0.2, 0) is 16.0 Å². The lowest BCUT2D eigenvalue weighted by molar-refractivity contribution is -0.143. The summed E-state index contributed by atoms with van der Waals surface area (Å²) in [5, 5.41) is 9.69. The minimum atomic E-state index is -0.0999. The molecule has 0 radical (unpaired) electrons. The molecule has 19 heavy (non-hydrogen) atoms. The number of rotatable bonds is 3. The lowest BCUT2D eigenvalue weighted by atomic mass is 10.1. The number of ether oxygens (including phenoxy) is 1. The van der Waals surface area contributed by atoms with Gasteiger partial charge >= 0.3 is 0 Å². The van der Waals surface area contributed by atoms with Crippen LogP contribution in [0.15, 0.2) is 24.3 Å². The second kappa shape index (κ2) is 6.04. The summed E-state index contributed by atoms with van der Waals surface area (Å²) < 4.78 is 5.62. The van der Waals surface area contributed by atoms with Crippen LogP contribution in [0.5, 0.6) is 5.75 Å². The number of nitrogens with zero attached hydrogens (tertiary/aromatic N) is 1. The molecule has 2 rings (SSSR count). The van der Waals surface area contributed by atoms with E-state index in [4.69, 9.17) is 10.5 Å². The Balaban J connectivity index is 2.01. The molecule has 5 nitrogen and oxygen atoms in total. The van der Waals surface area contributed by atoms with E-state index in [2.05, 4.69) is 0 Å². The van der Waals surface area contributed by atoms with Crippen molar-refractivity contribution in [2.75, 3.05) is 19.6 Å². The predicted octanol–water partition coefficient (Wildman–Crippen LogP) is 0.509. The zero-order chi connectivity index (χ0) is 13.8. The van der Waals surface area contributed by atoms with E-state index in [0.29, 0.717) is 25.2 Å². The molecule has 1 aliphatic rings. The maximum atomic E-state index is 12.2. The van der Waals surface area contributed by atoms with Crippen molar-refractivity contribution in [3.05, 3.63) is 29.8 Å². The van der Waals surface area contributed by atoms with E-state index in [-0.39, 0.29) is 30.3 Å². The van der Waals surface area contributed by atoms with Crippen molar-refractivity contribution in [3.8, 4) is 5.75 Å². The van der Waals surface area contributed by atoms with Crippen LogP contribution in [0.3, 0.4) is 0 Å². The minimum absolute atomic E-state index is 0.00406. The molecule has 1 amide bonds. The molecule has 0 aliphatic carbocycles. The largest absolute Gasteiger partial charge is 0.508 e. The Labute approximate surface area is 113 Å². The van der Waals surface area contributed by atoms with Crippen LogP contribution in [0.1, 0.15) is 12.5 Å². The number of carbonyl (C=O) groups is 1. The number of carbonyl (C=O) groups excluding carboxylic acids is 1. The van der Waals surface area contributed by atoms with Gasteiger partial charge < -0.3 is 20.5 Å².